The van der Waals surface area contributed by atoms with Crippen LogP contribution in [0.4, 0.5) is 5.69 Å². The van der Waals surface area contributed by atoms with Gasteiger partial charge in [-0.25, -0.2) is 0 Å². The first-order valence-electron chi connectivity index (χ1n) is 8.64. The van der Waals surface area contributed by atoms with Gasteiger partial charge in [-0.1, -0.05) is 11.8 Å². The van der Waals surface area contributed by atoms with Crippen molar-refractivity contribution in [1.29, 1.82) is 0 Å². The summed E-state index contributed by atoms with van der Waals surface area (Å²) in [6.45, 7) is 2.67. The average Bonchev–Trinajstić information content (AvgIpc) is 3.15. The minimum atomic E-state index is -0.131. The van der Waals surface area contributed by atoms with E-state index in [0.29, 0.717) is 34.7 Å². The van der Waals surface area contributed by atoms with Crippen LogP contribution in [0.5, 0.6) is 11.5 Å². The third kappa shape index (κ3) is 4.61. The molecule has 0 aliphatic rings. The van der Waals surface area contributed by atoms with Gasteiger partial charge in [0.2, 0.25) is 5.91 Å². The fraction of sp³-hybridized carbons (Fsp3) is 0.263. The van der Waals surface area contributed by atoms with Crippen molar-refractivity contribution in [2.45, 2.75) is 18.6 Å². The fourth-order valence-electron chi connectivity index (χ4n) is 2.59. The van der Waals surface area contributed by atoms with Gasteiger partial charge in [0.25, 0.3) is 0 Å². The van der Waals surface area contributed by atoms with E-state index in [-0.39, 0.29) is 11.7 Å². The Bertz CT molecular complexity index is 924. The van der Waals surface area contributed by atoms with Gasteiger partial charge in [0, 0.05) is 24.4 Å². The van der Waals surface area contributed by atoms with Gasteiger partial charge < -0.3 is 19.4 Å². The summed E-state index contributed by atoms with van der Waals surface area (Å²) in [7, 11) is 3.20. The van der Waals surface area contributed by atoms with Crippen LogP contribution in [-0.2, 0) is 11.3 Å². The molecule has 2 heterocycles. The molecule has 0 radical (unpaired) electrons. The number of rotatable bonds is 8. The second-order valence-electron chi connectivity index (χ2n) is 5.73. The third-order valence-corrected chi connectivity index (χ3v) is 4.89. The maximum absolute atomic E-state index is 12.2. The molecule has 3 rings (SSSR count). The van der Waals surface area contributed by atoms with Crippen LogP contribution in [0.25, 0.3) is 11.4 Å². The number of hydrogen-bond acceptors (Lipinski definition) is 7. The zero-order chi connectivity index (χ0) is 19.9. The van der Waals surface area contributed by atoms with Crippen molar-refractivity contribution in [2.24, 2.45) is 0 Å². The smallest absolute Gasteiger partial charge is 0.234 e. The van der Waals surface area contributed by atoms with Crippen molar-refractivity contribution in [1.82, 2.24) is 19.7 Å². The van der Waals surface area contributed by atoms with Gasteiger partial charge in [-0.2, -0.15) is 0 Å². The summed E-state index contributed by atoms with van der Waals surface area (Å²) in [4.78, 5) is 16.2. The zero-order valence-corrected chi connectivity index (χ0v) is 16.7. The molecule has 0 fully saturated rings. The number of anilines is 1. The molecule has 146 valence electrons. The normalized spacial score (nSPS) is 10.5. The molecule has 1 N–H and O–H groups in total. The topological polar surface area (TPSA) is 91.2 Å². The first kappa shape index (κ1) is 19.7. The van der Waals surface area contributed by atoms with E-state index >= 15 is 0 Å². The predicted octanol–water partition coefficient (Wildman–Crippen LogP) is 3.11. The van der Waals surface area contributed by atoms with Crippen molar-refractivity contribution >= 4 is 23.4 Å². The van der Waals surface area contributed by atoms with Crippen molar-refractivity contribution < 1.29 is 14.3 Å². The van der Waals surface area contributed by atoms with E-state index in [9.17, 15) is 4.79 Å². The molecule has 0 aliphatic carbocycles. The molecule has 0 saturated heterocycles. The van der Waals surface area contributed by atoms with Gasteiger partial charge in [0.15, 0.2) is 11.0 Å². The molecule has 28 heavy (non-hydrogen) atoms. The van der Waals surface area contributed by atoms with Crippen LogP contribution in [0.2, 0.25) is 0 Å². The molecular formula is C19H21N5O3S. The molecule has 8 nitrogen and oxygen atoms in total. The number of nitrogens with zero attached hydrogens (tertiary/aromatic N) is 4. The molecular weight excluding hydrogens is 378 g/mol. The molecule has 2 aromatic heterocycles. The Balaban J connectivity index is 1.76. The number of pyridine rings is 1. The number of carbonyl (C=O) groups is 1. The van der Waals surface area contributed by atoms with E-state index in [1.54, 1.807) is 44.8 Å². The van der Waals surface area contributed by atoms with Crippen LogP contribution in [0, 0.1) is 0 Å². The SMILES string of the molecule is CCn1c(SCC(=O)Nc2cccnc2)nnc1-c1cc(OC)cc(OC)c1. The molecule has 3 aromatic rings. The second kappa shape index (κ2) is 9.23. The van der Waals surface area contributed by atoms with Crippen molar-refractivity contribution in [3.63, 3.8) is 0 Å². The molecule has 0 unspecified atom stereocenters. The molecule has 1 amide bonds. The fourth-order valence-corrected chi connectivity index (χ4v) is 3.40. The number of thioether (sulfide) groups is 1. The standard InChI is InChI=1S/C19H21N5O3S/c1-4-24-18(13-8-15(26-2)10-16(9-13)27-3)22-23-19(24)28-12-17(25)21-14-6-5-7-20-11-14/h5-11H,4,12H2,1-3H3,(H,21,25). The number of ether oxygens (including phenoxy) is 2. The van der Waals surface area contributed by atoms with Gasteiger partial charge in [-0.05, 0) is 31.2 Å². The first-order valence-corrected chi connectivity index (χ1v) is 9.62. The van der Waals surface area contributed by atoms with E-state index < -0.39 is 0 Å². The Morgan fingerprint density at radius 1 is 1.18 bits per heavy atom. The van der Waals surface area contributed by atoms with Gasteiger partial charge in [-0.3, -0.25) is 9.78 Å². The minimum Gasteiger partial charge on any atom is -0.497 e. The van der Waals surface area contributed by atoms with Crippen molar-refractivity contribution in [3.8, 4) is 22.9 Å². The van der Waals surface area contributed by atoms with Crippen LogP contribution in [0.3, 0.4) is 0 Å². The summed E-state index contributed by atoms with van der Waals surface area (Å²) in [5, 5.41) is 12.0. The zero-order valence-electron chi connectivity index (χ0n) is 15.9. The Labute approximate surface area is 167 Å². The Morgan fingerprint density at radius 2 is 1.93 bits per heavy atom. The predicted molar refractivity (Wildman–Crippen MR) is 108 cm³/mol. The second-order valence-corrected chi connectivity index (χ2v) is 6.67. The van der Waals surface area contributed by atoms with Crippen LogP contribution in [0.15, 0.2) is 47.9 Å². The van der Waals surface area contributed by atoms with Crippen LogP contribution in [-0.4, -0.2) is 45.6 Å². The van der Waals surface area contributed by atoms with Gasteiger partial charge in [0.1, 0.15) is 11.5 Å². The summed E-state index contributed by atoms with van der Waals surface area (Å²) in [5.41, 5.74) is 1.49. The van der Waals surface area contributed by atoms with E-state index in [0.717, 1.165) is 5.56 Å². The van der Waals surface area contributed by atoms with E-state index in [1.807, 2.05) is 23.6 Å². The lowest BCUT2D eigenvalue weighted by Gasteiger charge is -2.10. The molecule has 0 bridgehead atoms. The molecule has 1 aromatic carbocycles. The van der Waals surface area contributed by atoms with Crippen LogP contribution >= 0.6 is 11.8 Å². The van der Waals surface area contributed by atoms with Crippen molar-refractivity contribution in [3.05, 3.63) is 42.7 Å². The van der Waals surface area contributed by atoms with E-state index in [2.05, 4.69) is 20.5 Å². The lowest BCUT2D eigenvalue weighted by atomic mass is 10.2. The number of nitrogens with one attached hydrogen (secondary N) is 1. The number of aromatic nitrogens is 4. The van der Waals surface area contributed by atoms with Gasteiger partial charge >= 0.3 is 0 Å². The number of carbonyl (C=O) groups excluding carboxylic acids is 1. The van der Waals surface area contributed by atoms with Gasteiger partial charge in [-0.15, -0.1) is 10.2 Å². The first-order chi connectivity index (χ1) is 13.6. The minimum absolute atomic E-state index is 0.131. The average molecular weight is 399 g/mol. The highest BCUT2D eigenvalue weighted by molar-refractivity contribution is 7.99. The maximum atomic E-state index is 12.2. The Hall–Kier alpha value is -3.07. The highest BCUT2D eigenvalue weighted by atomic mass is 32.2. The molecule has 9 heteroatoms. The molecule has 0 saturated carbocycles. The lowest BCUT2D eigenvalue weighted by molar-refractivity contribution is -0.113. The number of benzene rings is 1. The molecule has 0 aliphatic heterocycles. The summed E-state index contributed by atoms with van der Waals surface area (Å²) in [6.07, 6.45) is 3.26. The molecule has 0 spiro atoms. The lowest BCUT2D eigenvalue weighted by Crippen LogP contribution is -2.14. The van der Waals surface area contributed by atoms with Gasteiger partial charge in [0.05, 0.1) is 31.9 Å². The van der Waals surface area contributed by atoms with Crippen molar-refractivity contribution in [2.75, 3.05) is 25.3 Å². The summed E-state index contributed by atoms with van der Waals surface area (Å²) >= 11 is 1.33. The Kier molecular flexibility index (Phi) is 6.49. The quantitative estimate of drug-likeness (QED) is 0.582. The Morgan fingerprint density at radius 3 is 2.54 bits per heavy atom. The number of methoxy groups -OCH3 is 2. The number of hydrogen-bond donors (Lipinski definition) is 1. The summed E-state index contributed by atoms with van der Waals surface area (Å²) < 4.78 is 12.6. The van der Waals surface area contributed by atoms with Crippen LogP contribution < -0.4 is 14.8 Å². The molecule has 0 atom stereocenters. The largest absolute Gasteiger partial charge is 0.497 e. The summed E-state index contributed by atoms with van der Waals surface area (Å²) in [6, 6.07) is 9.11. The van der Waals surface area contributed by atoms with E-state index in [4.69, 9.17) is 9.47 Å². The maximum Gasteiger partial charge on any atom is 0.234 e. The summed E-state index contributed by atoms with van der Waals surface area (Å²) in [5.74, 6) is 2.12. The van der Waals surface area contributed by atoms with Crippen LogP contribution in [0.1, 0.15) is 6.92 Å². The highest BCUT2D eigenvalue weighted by Crippen LogP contribution is 2.30. The van der Waals surface area contributed by atoms with E-state index in [1.165, 1.54) is 11.8 Å². The highest BCUT2D eigenvalue weighted by Gasteiger charge is 2.16. The third-order valence-electron chi connectivity index (χ3n) is 3.92. The number of amides is 1. The monoisotopic (exact) mass is 399 g/mol.